The van der Waals surface area contributed by atoms with Crippen LogP contribution < -0.4 is 31.1 Å². The number of benzene rings is 8. The molecule has 1 aliphatic carbocycles. The Labute approximate surface area is 406 Å². The van der Waals surface area contributed by atoms with Gasteiger partial charge in [0.25, 0.3) is 6.71 Å². The highest BCUT2D eigenvalue weighted by Gasteiger charge is 2.45. The number of para-hydroxylation sites is 2. The average molecular weight is 886 g/mol. The van der Waals surface area contributed by atoms with Crippen molar-refractivity contribution in [2.45, 2.75) is 105 Å². The molecule has 0 atom stereocenters. The number of aryl methyl sites for hydroxylation is 1. The lowest BCUT2D eigenvalue weighted by molar-refractivity contribution is 0.589. The number of hydrogen-bond acceptors (Lipinski definition) is 3. The highest BCUT2D eigenvalue weighted by atomic mass is 15.2. The van der Waals surface area contributed by atoms with Crippen LogP contribution in [0.25, 0.3) is 11.1 Å². The van der Waals surface area contributed by atoms with E-state index in [1.807, 2.05) is 0 Å². The van der Waals surface area contributed by atoms with Gasteiger partial charge in [0.2, 0.25) is 0 Å². The summed E-state index contributed by atoms with van der Waals surface area (Å²) in [6.07, 6.45) is 0. The number of anilines is 9. The molecule has 0 saturated heterocycles. The lowest BCUT2D eigenvalue weighted by Crippen LogP contribution is -2.61. The van der Waals surface area contributed by atoms with E-state index in [-0.39, 0.29) is 28.4 Å². The maximum absolute atomic E-state index is 2.63. The van der Waals surface area contributed by atoms with Gasteiger partial charge in [-0.05, 0) is 157 Å². The summed E-state index contributed by atoms with van der Waals surface area (Å²) in [4.78, 5) is 7.65. The molecule has 0 N–H and O–H groups in total. The Balaban J connectivity index is 1.24. The van der Waals surface area contributed by atoms with Crippen molar-refractivity contribution in [3.63, 3.8) is 0 Å². The van der Waals surface area contributed by atoms with Crippen LogP contribution in [-0.2, 0) is 21.7 Å². The molecule has 0 aromatic heterocycles. The maximum atomic E-state index is 2.63. The Hall–Kier alpha value is -6.78. The van der Waals surface area contributed by atoms with E-state index < -0.39 is 0 Å². The van der Waals surface area contributed by atoms with Crippen LogP contribution in [0.1, 0.15) is 110 Å². The molecular weight excluding hydrogens is 822 g/mol. The molecule has 11 rings (SSSR count). The van der Waals surface area contributed by atoms with Crippen molar-refractivity contribution in [1.82, 2.24) is 0 Å². The van der Waals surface area contributed by atoms with Gasteiger partial charge in [0.1, 0.15) is 0 Å². The van der Waals surface area contributed by atoms with E-state index in [1.54, 1.807) is 0 Å². The van der Waals surface area contributed by atoms with Crippen molar-refractivity contribution in [2.24, 2.45) is 0 Å². The molecule has 8 aromatic rings. The van der Waals surface area contributed by atoms with Crippen LogP contribution >= 0.6 is 0 Å². The van der Waals surface area contributed by atoms with E-state index in [0.29, 0.717) is 0 Å². The average Bonchev–Trinajstić information content (AvgIpc) is 3.53. The summed E-state index contributed by atoms with van der Waals surface area (Å²) in [5.41, 5.74) is 25.0. The van der Waals surface area contributed by atoms with Crippen LogP contribution in [-0.4, -0.2) is 6.71 Å². The van der Waals surface area contributed by atoms with Gasteiger partial charge in [-0.3, -0.25) is 0 Å². The Morgan fingerprint density at radius 1 is 0.426 bits per heavy atom. The van der Waals surface area contributed by atoms with Crippen LogP contribution in [0.4, 0.5) is 51.2 Å². The van der Waals surface area contributed by atoms with Crippen molar-refractivity contribution < 1.29 is 0 Å². The number of fused-ring (bicyclic) bond motifs is 7. The molecule has 0 fully saturated rings. The third-order valence-corrected chi connectivity index (χ3v) is 15.2. The zero-order chi connectivity index (χ0) is 47.7. The molecule has 3 aliphatic rings. The summed E-state index contributed by atoms with van der Waals surface area (Å²) >= 11 is 0. The summed E-state index contributed by atoms with van der Waals surface area (Å²) in [5.74, 6) is 0. The fourth-order valence-corrected chi connectivity index (χ4v) is 11.3. The third kappa shape index (κ3) is 6.93. The summed E-state index contributed by atoms with van der Waals surface area (Å²) < 4.78 is 0. The van der Waals surface area contributed by atoms with Crippen LogP contribution in [0.2, 0.25) is 0 Å². The second-order valence-electron chi connectivity index (χ2n) is 23.2. The first-order valence-electron chi connectivity index (χ1n) is 24.6. The number of hydrogen-bond donors (Lipinski definition) is 0. The molecule has 338 valence electrons. The zero-order valence-electron chi connectivity index (χ0n) is 42.1. The summed E-state index contributed by atoms with van der Waals surface area (Å²) in [6.45, 7) is 28.0. The first-order chi connectivity index (χ1) is 32.3. The van der Waals surface area contributed by atoms with Crippen molar-refractivity contribution in [3.05, 3.63) is 203 Å². The first kappa shape index (κ1) is 43.8. The van der Waals surface area contributed by atoms with Gasteiger partial charge in [-0.2, -0.15) is 0 Å². The minimum Gasteiger partial charge on any atom is -0.311 e. The van der Waals surface area contributed by atoms with Gasteiger partial charge in [0, 0.05) is 56.6 Å². The van der Waals surface area contributed by atoms with Crippen LogP contribution in [0, 0.1) is 6.92 Å². The fraction of sp³-hybridized carbons (Fsp3) is 0.250. The molecule has 2 aliphatic heterocycles. The van der Waals surface area contributed by atoms with Crippen LogP contribution in [0.15, 0.2) is 170 Å². The largest absolute Gasteiger partial charge is 0.311 e. The number of rotatable bonds is 5. The standard InChI is InChI=1S/C64H64BN3/c1-41-20-16-19-25-55(41)66(45-21-14-13-15-22-45)48-32-34-53-57(40-48)68(47-31-33-50-49-23-17-18-24-51(49)64(11,12)52(50)39-47)59-38-44(63(8,9)10)37-58-60(59)65(53)54-36-43(62(5,6)7)28-35-56(54)67(58)46-29-26-42(27-30-46)61(2,3)4/h13-40H,1-12H3. The van der Waals surface area contributed by atoms with Crippen molar-refractivity contribution >= 4 is 74.3 Å². The highest BCUT2D eigenvalue weighted by molar-refractivity contribution is 7.00. The van der Waals surface area contributed by atoms with Gasteiger partial charge in [-0.15, -0.1) is 0 Å². The molecular formula is C64H64BN3. The molecule has 0 bridgehead atoms. The molecule has 68 heavy (non-hydrogen) atoms. The van der Waals surface area contributed by atoms with Gasteiger partial charge >= 0.3 is 0 Å². The molecule has 0 spiro atoms. The van der Waals surface area contributed by atoms with Crippen molar-refractivity contribution in [1.29, 1.82) is 0 Å². The molecule has 0 unspecified atom stereocenters. The van der Waals surface area contributed by atoms with E-state index in [4.69, 9.17) is 0 Å². The smallest absolute Gasteiger partial charge is 0.252 e. The van der Waals surface area contributed by atoms with Crippen molar-refractivity contribution in [3.8, 4) is 11.1 Å². The molecule has 3 nitrogen and oxygen atoms in total. The Morgan fingerprint density at radius 3 is 1.69 bits per heavy atom. The predicted octanol–water partition coefficient (Wildman–Crippen LogP) is 15.7. The Bertz CT molecular complexity index is 3290. The minimum atomic E-state index is -0.162. The summed E-state index contributed by atoms with van der Waals surface area (Å²) in [5, 5.41) is 0. The predicted molar refractivity (Wildman–Crippen MR) is 294 cm³/mol. The lowest BCUT2D eigenvalue weighted by atomic mass is 9.33. The zero-order valence-corrected chi connectivity index (χ0v) is 42.1. The number of nitrogens with zero attached hydrogens (tertiary/aromatic N) is 3. The quantitative estimate of drug-likeness (QED) is 0.159. The fourth-order valence-electron chi connectivity index (χ4n) is 11.3. The normalized spacial score (nSPS) is 14.5. The van der Waals surface area contributed by atoms with Gasteiger partial charge in [0.05, 0.1) is 0 Å². The monoisotopic (exact) mass is 886 g/mol. The Kier molecular flexibility index (Phi) is 9.90. The van der Waals surface area contributed by atoms with E-state index in [9.17, 15) is 0 Å². The van der Waals surface area contributed by atoms with Crippen LogP contribution in [0.5, 0.6) is 0 Å². The molecule has 0 radical (unpaired) electrons. The highest BCUT2D eigenvalue weighted by Crippen LogP contribution is 2.53. The lowest BCUT2D eigenvalue weighted by Gasteiger charge is -2.46. The molecule has 4 heteroatoms. The van der Waals surface area contributed by atoms with E-state index >= 15 is 0 Å². The summed E-state index contributed by atoms with van der Waals surface area (Å²) in [6, 6.07) is 65.0. The molecule has 8 aromatic carbocycles. The first-order valence-corrected chi connectivity index (χ1v) is 24.6. The third-order valence-electron chi connectivity index (χ3n) is 15.2. The topological polar surface area (TPSA) is 9.72 Å². The van der Waals surface area contributed by atoms with Gasteiger partial charge in [0.15, 0.2) is 0 Å². The van der Waals surface area contributed by atoms with Gasteiger partial charge in [-0.1, -0.05) is 173 Å². The van der Waals surface area contributed by atoms with E-state index in [1.165, 1.54) is 101 Å². The second-order valence-corrected chi connectivity index (χ2v) is 23.2. The van der Waals surface area contributed by atoms with Crippen molar-refractivity contribution in [2.75, 3.05) is 14.7 Å². The van der Waals surface area contributed by atoms with E-state index in [0.717, 1.165) is 11.4 Å². The van der Waals surface area contributed by atoms with Gasteiger partial charge in [-0.25, -0.2) is 0 Å². The molecule has 0 amide bonds. The Morgan fingerprint density at radius 2 is 1.01 bits per heavy atom. The SMILES string of the molecule is Cc1ccccc1N(c1ccccc1)c1ccc2c(c1)N(c1ccc3c(c1)C(C)(C)c1ccccc1-3)c1cc(C(C)(C)C)cc3c1B2c1cc(C(C)(C)C)ccc1N3c1ccc(C(C)(C)C)cc1. The maximum Gasteiger partial charge on any atom is 0.252 e. The molecule has 0 saturated carbocycles. The summed E-state index contributed by atoms with van der Waals surface area (Å²) in [7, 11) is 0. The van der Waals surface area contributed by atoms with Crippen LogP contribution in [0.3, 0.4) is 0 Å². The molecule has 2 heterocycles. The van der Waals surface area contributed by atoms with E-state index in [2.05, 4.69) is 268 Å². The minimum absolute atomic E-state index is 0.0181. The van der Waals surface area contributed by atoms with Gasteiger partial charge < -0.3 is 14.7 Å². The second kappa shape index (κ2) is 15.4.